The van der Waals surface area contributed by atoms with E-state index in [2.05, 4.69) is 4.74 Å². The van der Waals surface area contributed by atoms with Crippen LogP contribution in [0, 0.1) is 5.92 Å². The molecule has 3 atom stereocenters. The van der Waals surface area contributed by atoms with Gasteiger partial charge in [0.15, 0.2) is 0 Å². The molecular formula is C10H17NO3. The summed E-state index contributed by atoms with van der Waals surface area (Å²) >= 11 is 0. The first-order valence-electron chi connectivity index (χ1n) is 4.83. The Morgan fingerprint density at radius 1 is 1.64 bits per heavy atom. The van der Waals surface area contributed by atoms with Crippen molar-refractivity contribution >= 4 is 5.97 Å². The van der Waals surface area contributed by atoms with Crippen LogP contribution in [0.5, 0.6) is 0 Å². The number of rotatable bonds is 3. The highest BCUT2D eigenvalue weighted by molar-refractivity contribution is 5.75. The maximum absolute atomic E-state index is 11.0. The Bertz CT molecular complexity index is 227. The van der Waals surface area contributed by atoms with Gasteiger partial charge in [-0.1, -0.05) is 12.2 Å². The SMILES string of the molecule is COC(=O)[C@@H](N)C[C@H]1C=CC(O)CC1. The van der Waals surface area contributed by atoms with E-state index >= 15 is 0 Å². The predicted octanol–water partition coefficient (Wildman–Crippen LogP) is 0.204. The summed E-state index contributed by atoms with van der Waals surface area (Å²) in [5.74, 6) is -0.0861. The lowest BCUT2D eigenvalue weighted by Crippen LogP contribution is -2.34. The van der Waals surface area contributed by atoms with Crippen molar-refractivity contribution in [2.24, 2.45) is 11.7 Å². The zero-order chi connectivity index (χ0) is 10.6. The van der Waals surface area contributed by atoms with Gasteiger partial charge in [-0.3, -0.25) is 4.79 Å². The summed E-state index contributed by atoms with van der Waals surface area (Å²) in [5, 5.41) is 9.21. The molecule has 1 aliphatic rings. The summed E-state index contributed by atoms with van der Waals surface area (Å²) in [6.07, 6.45) is 5.57. The minimum absolute atomic E-state index is 0.285. The Morgan fingerprint density at radius 3 is 2.86 bits per heavy atom. The lowest BCUT2D eigenvalue weighted by molar-refractivity contribution is -0.142. The number of aliphatic hydroxyl groups is 1. The largest absolute Gasteiger partial charge is 0.468 e. The van der Waals surface area contributed by atoms with Gasteiger partial charge in [-0.2, -0.15) is 0 Å². The smallest absolute Gasteiger partial charge is 0.322 e. The molecule has 14 heavy (non-hydrogen) atoms. The molecule has 80 valence electrons. The fraction of sp³-hybridized carbons (Fsp3) is 0.700. The molecule has 0 aliphatic heterocycles. The number of allylic oxidation sites excluding steroid dienone is 1. The number of carbonyl (C=O) groups is 1. The number of esters is 1. The average molecular weight is 199 g/mol. The second kappa shape index (κ2) is 5.12. The number of hydrogen-bond donors (Lipinski definition) is 2. The first-order valence-corrected chi connectivity index (χ1v) is 4.83. The highest BCUT2D eigenvalue weighted by Crippen LogP contribution is 2.21. The quantitative estimate of drug-likeness (QED) is 0.503. The standard InChI is InChI=1S/C10H17NO3/c1-14-10(13)9(11)6-7-2-4-8(12)5-3-7/h2,4,7-9,12H,3,5-6,11H2,1H3/t7-,8?,9-/m0/s1. The second-order valence-corrected chi connectivity index (χ2v) is 3.66. The number of aliphatic hydroxyl groups excluding tert-OH is 1. The molecule has 1 rings (SSSR count). The van der Waals surface area contributed by atoms with E-state index in [1.165, 1.54) is 7.11 Å². The van der Waals surface area contributed by atoms with Crippen LogP contribution in [0.3, 0.4) is 0 Å². The van der Waals surface area contributed by atoms with Crippen LogP contribution in [-0.2, 0) is 9.53 Å². The van der Waals surface area contributed by atoms with Crippen molar-refractivity contribution in [1.82, 2.24) is 0 Å². The lowest BCUT2D eigenvalue weighted by Gasteiger charge is -2.21. The molecule has 0 aromatic heterocycles. The topological polar surface area (TPSA) is 72.5 Å². The fourth-order valence-corrected chi connectivity index (χ4v) is 1.63. The molecule has 4 heteroatoms. The van der Waals surface area contributed by atoms with Crippen molar-refractivity contribution in [3.05, 3.63) is 12.2 Å². The van der Waals surface area contributed by atoms with Crippen molar-refractivity contribution in [1.29, 1.82) is 0 Å². The molecule has 0 fully saturated rings. The first kappa shape index (κ1) is 11.2. The highest BCUT2D eigenvalue weighted by atomic mass is 16.5. The van der Waals surface area contributed by atoms with Crippen LogP contribution in [0.15, 0.2) is 12.2 Å². The second-order valence-electron chi connectivity index (χ2n) is 3.66. The normalized spacial score (nSPS) is 28.5. The van der Waals surface area contributed by atoms with Gasteiger partial charge in [-0.15, -0.1) is 0 Å². The van der Waals surface area contributed by atoms with Crippen molar-refractivity contribution in [3.8, 4) is 0 Å². The predicted molar refractivity (Wildman–Crippen MR) is 52.5 cm³/mol. The van der Waals surface area contributed by atoms with Crippen LogP contribution in [0.1, 0.15) is 19.3 Å². The van der Waals surface area contributed by atoms with Crippen molar-refractivity contribution in [2.45, 2.75) is 31.4 Å². The third-order valence-corrected chi connectivity index (χ3v) is 2.50. The van der Waals surface area contributed by atoms with Gasteiger partial charge in [0, 0.05) is 0 Å². The number of hydrogen-bond acceptors (Lipinski definition) is 4. The van der Waals surface area contributed by atoms with Gasteiger partial charge in [0.1, 0.15) is 6.04 Å². The summed E-state index contributed by atoms with van der Waals surface area (Å²) in [7, 11) is 1.34. The molecule has 0 radical (unpaired) electrons. The van der Waals surface area contributed by atoms with Gasteiger partial charge in [0.05, 0.1) is 13.2 Å². The zero-order valence-electron chi connectivity index (χ0n) is 8.35. The van der Waals surface area contributed by atoms with E-state index in [1.807, 2.05) is 6.08 Å². The van der Waals surface area contributed by atoms with E-state index in [0.717, 1.165) is 12.8 Å². The van der Waals surface area contributed by atoms with Crippen LogP contribution in [0.4, 0.5) is 0 Å². The van der Waals surface area contributed by atoms with Gasteiger partial charge in [0.2, 0.25) is 0 Å². The summed E-state index contributed by atoms with van der Waals surface area (Å²) in [4.78, 5) is 11.0. The molecule has 0 spiro atoms. The molecule has 3 N–H and O–H groups in total. The van der Waals surface area contributed by atoms with E-state index < -0.39 is 6.04 Å². The highest BCUT2D eigenvalue weighted by Gasteiger charge is 2.20. The molecule has 0 aromatic carbocycles. The monoisotopic (exact) mass is 199 g/mol. The maximum atomic E-state index is 11.0. The van der Waals surface area contributed by atoms with Crippen molar-refractivity contribution < 1.29 is 14.6 Å². The summed E-state index contributed by atoms with van der Waals surface area (Å²) < 4.78 is 4.54. The molecule has 0 saturated heterocycles. The van der Waals surface area contributed by atoms with Crippen molar-refractivity contribution in [2.75, 3.05) is 7.11 Å². The van der Waals surface area contributed by atoms with Crippen molar-refractivity contribution in [3.63, 3.8) is 0 Å². The average Bonchev–Trinajstić information content (AvgIpc) is 2.20. The minimum Gasteiger partial charge on any atom is -0.468 e. The van der Waals surface area contributed by atoms with Crippen LogP contribution in [0.25, 0.3) is 0 Å². The van der Waals surface area contributed by atoms with E-state index in [0.29, 0.717) is 6.42 Å². The van der Waals surface area contributed by atoms with Gasteiger partial charge in [0.25, 0.3) is 0 Å². The molecule has 4 nitrogen and oxygen atoms in total. The summed E-state index contributed by atoms with van der Waals surface area (Å²) in [5.41, 5.74) is 5.62. The van der Waals surface area contributed by atoms with Gasteiger partial charge < -0.3 is 15.6 Å². The number of ether oxygens (including phenoxy) is 1. The molecule has 0 heterocycles. The maximum Gasteiger partial charge on any atom is 0.322 e. The summed E-state index contributed by atoms with van der Waals surface area (Å²) in [6.45, 7) is 0. The zero-order valence-corrected chi connectivity index (χ0v) is 8.35. The van der Waals surface area contributed by atoms with Crippen LogP contribution < -0.4 is 5.73 Å². The number of nitrogens with two attached hydrogens (primary N) is 1. The van der Waals surface area contributed by atoms with Gasteiger partial charge in [-0.05, 0) is 25.2 Å². The third-order valence-electron chi connectivity index (χ3n) is 2.50. The van der Waals surface area contributed by atoms with Gasteiger partial charge in [-0.25, -0.2) is 0 Å². The number of methoxy groups -OCH3 is 1. The van der Waals surface area contributed by atoms with Crippen LogP contribution in [0.2, 0.25) is 0 Å². The van der Waals surface area contributed by atoms with E-state index in [-0.39, 0.29) is 18.0 Å². The summed E-state index contributed by atoms with van der Waals surface area (Å²) in [6, 6.07) is -0.551. The van der Waals surface area contributed by atoms with E-state index in [1.54, 1.807) is 6.08 Å². The van der Waals surface area contributed by atoms with Crippen LogP contribution in [-0.4, -0.2) is 30.3 Å². The third kappa shape index (κ3) is 3.12. The molecule has 1 aliphatic carbocycles. The Kier molecular flexibility index (Phi) is 4.10. The molecule has 0 saturated carbocycles. The fourth-order valence-electron chi connectivity index (χ4n) is 1.63. The molecule has 0 amide bonds. The van der Waals surface area contributed by atoms with E-state index in [9.17, 15) is 9.90 Å². The minimum atomic E-state index is -0.551. The molecular weight excluding hydrogens is 182 g/mol. The van der Waals surface area contributed by atoms with Crippen LogP contribution >= 0.6 is 0 Å². The Balaban J connectivity index is 2.38. The lowest BCUT2D eigenvalue weighted by atomic mass is 9.89. The molecule has 0 aromatic rings. The Labute approximate surface area is 83.7 Å². The Morgan fingerprint density at radius 2 is 2.36 bits per heavy atom. The number of carbonyl (C=O) groups excluding carboxylic acids is 1. The molecule has 0 bridgehead atoms. The molecule has 1 unspecified atom stereocenters. The van der Waals surface area contributed by atoms with Gasteiger partial charge >= 0.3 is 5.97 Å². The first-order chi connectivity index (χ1) is 6.63. The Hall–Kier alpha value is -0.870. The van der Waals surface area contributed by atoms with E-state index in [4.69, 9.17) is 5.73 Å².